The Morgan fingerprint density at radius 3 is 2.40 bits per heavy atom. The lowest BCUT2D eigenvalue weighted by Gasteiger charge is -2.06. The van der Waals surface area contributed by atoms with Crippen LogP contribution in [-0.2, 0) is 10.0 Å². The van der Waals surface area contributed by atoms with E-state index in [2.05, 4.69) is 4.72 Å². The quantitative estimate of drug-likeness (QED) is 0.839. The molecule has 0 aliphatic rings. The second-order valence-corrected chi connectivity index (χ2v) is 5.04. The number of nitrogens with one attached hydrogen (secondary N) is 1. The van der Waals surface area contributed by atoms with Crippen molar-refractivity contribution >= 4 is 20.8 Å². The molecule has 0 bridgehead atoms. The zero-order valence-corrected chi connectivity index (χ0v) is 9.08. The summed E-state index contributed by atoms with van der Waals surface area (Å²) in [4.78, 5) is 0.322. The molecule has 78 valence electrons. The Hall–Kier alpha value is -1.39. The van der Waals surface area contributed by atoms with Crippen LogP contribution < -0.4 is 4.72 Å². The van der Waals surface area contributed by atoms with E-state index in [4.69, 9.17) is 0 Å². The van der Waals surface area contributed by atoms with Gasteiger partial charge in [0.25, 0.3) is 0 Å². The summed E-state index contributed by atoms with van der Waals surface area (Å²) in [6, 6.07) is 12.7. The van der Waals surface area contributed by atoms with Gasteiger partial charge in [0.2, 0.25) is 10.0 Å². The van der Waals surface area contributed by atoms with Crippen molar-refractivity contribution < 1.29 is 8.42 Å². The molecule has 0 saturated carbocycles. The van der Waals surface area contributed by atoms with Crippen molar-refractivity contribution in [1.29, 1.82) is 0 Å². The summed E-state index contributed by atoms with van der Waals surface area (Å²) in [5.74, 6) is 0. The largest absolute Gasteiger partial charge is 0.240 e. The average Bonchev–Trinajstić information content (AvgIpc) is 2.28. The number of rotatable bonds is 2. The van der Waals surface area contributed by atoms with Gasteiger partial charge in [-0.05, 0) is 18.5 Å². The summed E-state index contributed by atoms with van der Waals surface area (Å²) >= 11 is 0. The molecule has 0 radical (unpaired) electrons. The highest BCUT2D eigenvalue weighted by molar-refractivity contribution is 7.89. The van der Waals surface area contributed by atoms with Gasteiger partial charge < -0.3 is 0 Å². The molecule has 0 aliphatic heterocycles. The van der Waals surface area contributed by atoms with Gasteiger partial charge in [-0.2, -0.15) is 0 Å². The van der Waals surface area contributed by atoms with Crippen LogP contribution in [0, 0.1) is 0 Å². The first-order chi connectivity index (χ1) is 7.15. The zero-order chi connectivity index (χ0) is 10.9. The van der Waals surface area contributed by atoms with E-state index in [1.165, 1.54) is 7.05 Å². The molecule has 3 nitrogen and oxygen atoms in total. The van der Waals surface area contributed by atoms with E-state index in [9.17, 15) is 8.42 Å². The Morgan fingerprint density at radius 1 is 1.00 bits per heavy atom. The van der Waals surface area contributed by atoms with Crippen LogP contribution in [0.25, 0.3) is 10.8 Å². The van der Waals surface area contributed by atoms with Crippen molar-refractivity contribution in [2.24, 2.45) is 0 Å². The zero-order valence-electron chi connectivity index (χ0n) is 8.27. The van der Waals surface area contributed by atoms with Gasteiger partial charge in [0.15, 0.2) is 0 Å². The number of sulfonamides is 1. The van der Waals surface area contributed by atoms with Crippen molar-refractivity contribution in [3.8, 4) is 0 Å². The topological polar surface area (TPSA) is 46.2 Å². The molecular formula is C11H11NO2S. The number of fused-ring (bicyclic) bond motifs is 1. The molecule has 0 aliphatic carbocycles. The molecule has 1 N–H and O–H groups in total. The lowest BCUT2D eigenvalue weighted by atomic mass is 10.1. The van der Waals surface area contributed by atoms with E-state index in [1.54, 1.807) is 18.2 Å². The predicted molar refractivity (Wildman–Crippen MR) is 60.2 cm³/mol. The lowest BCUT2D eigenvalue weighted by molar-refractivity contribution is 0.589. The number of hydrogen-bond donors (Lipinski definition) is 1. The van der Waals surface area contributed by atoms with Gasteiger partial charge in [-0.25, -0.2) is 13.1 Å². The maximum Gasteiger partial charge on any atom is 0.240 e. The maximum atomic E-state index is 11.7. The van der Waals surface area contributed by atoms with Crippen LogP contribution in [0.4, 0.5) is 0 Å². The van der Waals surface area contributed by atoms with Crippen molar-refractivity contribution in [2.45, 2.75) is 4.90 Å². The summed E-state index contributed by atoms with van der Waals surface area (Å²) in [6.07, 6.45) is 0. The van der Waals surface area contributed by atoms with E-state index in [0.717, 1.165) is 10.8 Å². The van der Waals surface area contributed by atoms with Gasteiger partial charge in [0, 0.05) is 5.39 Å². The normalized spacial score (nSPS) is 11.8. The highest BCUT2D eigenvalue weighted by Crippen LogP contribution is 2.21. The molecule has 2 rings (SSSR count). The fourth-order valence-corrected chi connectivity index (χ4v) is 2.49. The van der Waals surface area contributed by atoms with Crippen molar-refractivity contribution in [3.05, 3.63) is 42.5 Å². The van der Waals surface area contributed by atoms with Gasteiger partial charge in [0.1, 0.15) is 0 Å². The SMILES string of the molecule is CNS(=O)(=O)c1cccc2ccccc12. The number of benzene rings is 2. The second kappa shape index (κ2) is 3.64. The third kappa shape index (κ3) is 1.73. The van der Waals surface area contributed by atoms with E-state index in [-0.39, 0.29) is 0 Å². The first-order valence-corrected chi connectivity index (χ1v) is 6.05. The highest BCUT2D eigenvalue weighted by atomic mass is 32.2. The molecule has 0 aromatic heterocycles. The Kier molecular flexibility index (Phi) is 2.46. The van der Waals surface area contributed by atoms with E-state index in [1.807, 2.05) is 24.3 Å². The van der Waals surface area contributed by atoms with Gasteiger partial charge in [-0.1, -0.05) is 36.4 Å². The summed E-state index contributed by atoms with van der Waals surface area (Å²) in [5, 5.41) is 1.67. The fraction of sp³-hybridized carbons (Fsp3) is 0.0909. The van der Waals surface area contributed by atoms with E-state index >= 15 is 0 Å². The maximum absolute atomic E-state index is 11.7. The van der Waals surface area contributed by atoms with Crippen LogP contribution in [0.2, 0.25) is 0 Å². The van der Waals surface area contributed by atoms with Crippen LogP contribution in [0.3, 0.4) is 0 Å². The van der Waals surface area contributed by atoms with Crippen LogP contribution in [0.1, 0.15) is 0 Å². The molecule has 0 atom stereocenters. The molecule has 2 aromatic carbocycles. The molecule has 4 heteroatoms. The molecule has 2 aromatic rings. The summed E-state index contributed by atoms with van der Waals surface area (Å²) < 4.78 is 25.7. The highest BCUT2D eigenvalue weighted by Gasteiger charge is 2.13. The van der Waals surface area contributed by atoms with E-state index < -0.39 is 10.0 Å². The van der Waals surface area contributed by atoms with Gasteiger partial charge in [-0.15, -0.1) is 0 Å². The predicted octanol–water partition coefficient (Wildman–Crippen LogP) is 1.75. The van der Waals surface area contributed by atoms with E-state index in [0.29, 0.717) is 4.90 Å². The molecule has 0 saturated heterocycles. The first kappa shape index (κ1) is 10.1. The monoisotopic (exact) mass is 221 g/mol. The smallest absolute Gasteiger partial charge is 0.214 e. The standard InChI is InChI=1S/C11H11NO2S/c1-12-15(13,14)11-8-4-6-9-5-2-3-7-10(9)11/h2-8,12H,1H3. The molecular weight excluding hydrogens is 210 g/mol. The second-order valence-electron chi connectivity index (χ2n) is 3.18. The average molecular weight is 221 g/mol. The molecule has 0 heterocycles. The Morgan fingerprint density at radius 2 is 1.67 bits per heavy atom. The minimum atomic E-state index is -3.37. The summed E-state index contributed by atoms with van der Waals surface area (Å²) in [5.41, 5.74) is 0. The van der Waals surface area contributed by atoms with Gasteiger partial charge >= 0.3 is 0 Å². The molecule has 0 unspecified atom stereocenters. The van der Waals surface area contributed by atoms with Crippen LogP contribution >= 0.6 is 0 Å². The van der Waals surface area contributed by atoms with Crippen LogP contribution in [0.15, 0.2) is 47.4 Å². The minimum Gasteiger partial charge on any atom is -0.214 e. The molecule has 0 spiro atoms. The summed E-state index contributed by atoms with van der Waals surface area (Å²) in [6.45, 7) is 0. The third-order valence-electron chi connectivity index (χ3n) is 2.31. The summed E-state index contributed by atoms with van der Waals surface area (Å²) in [7, 11) is -1.96. The Balaban J connectivity index is 2.83. The third-order valence-corrected chi connectivity index (χ3v) is 3.78. The fourth-order valence-electron chi connectivity index (χ4n) is 1.54. The van der Waals surface area contributed by atoms with Crippen LogP contribution in [0.5, 0.6) is 0 Å². The minimum absolute atomic E-state index is 0.322. The van der Waals surface area contributed by atoms with Gasteiger partial charge in [0.05, 0.1) is 4.90 Å². The Bertz CT molecular complexity index is 585. The lowest BCUT2D eigenvalue weighted by Crippen LogP contribution is -2.18. The van der Waals surface area contributed by atoms with Gasteiger partial charge in [-0.3, -0.25) is 0 Å². The van der Waals surface area contributed by atoms with Crippen molar-refractivity contribution in [2.75, 3.05) is 7.05 Å². The molecule has 0 fully saturated rings. The van der Waals surface area contributed by atoms with Crippen molar-refractivity contribution in [3.63, 3.8) is 0 Å². The Labute approximate surface area is 88.8 Å². The van der Waals surface area contributed by atoms with Crippen LogP contribution in [-0.4, -0.2) is 15.5 Å². The molecule has 15 heavy (non-hydrogen) atoms. The van der Waals surface area contributed by atoms with Crippen molar-refractivity contribution in [1.82, 2.24) is 4.72 Å². The molecule has 0 amide bonds. The first-order valence-electron chi connectivity index (χ1n) is 4.56. The number of hydrogen-bond acceptors (Lipinski definition) is 2.